The number of amides is 3. The van der Waals surface area contributed by atoms with Crippen LogP contribution in [-0.2, 0) is 4.79 Å². The van der Waals surface area contributed by atoms with Crippen LogP contribution in [-0.4, -0.2) is 29.6 Å². The standard InChI is InChI=1S/C19H33N3O2/c1-4-18(2,3)21-16(23)5-6-20-17(24)22-19-10-13-7-14(11-19)9-15(8-13)12-19/h13-15H,4-12H2,1-3H3,(H,21,23)(H2,20,22,24). The second kappa shape index (κ2) is 6.57. The molecule has 5 heteroatoms. The molecule has 5 nitrogen and oxygen atoms in total. The van der Waals surface area contributed by atoms with E-state index in [4.69, 9.17) is 0 Å². The van der Waals surface area contributed by atoms with Gasteiger partial charge >= 0.3 is 6.03 Å². The molecule has 4 aliphatic carbocycles. The van der Waals surface area contributed by atoms with Crippen LogP contribution in [0.2, 0.25) is 0 Å². The van der Waals surface area contributed by atoms with Gasteiger partial charge in [0.25, 0.3) is 0 Å². The molecule has 24 heavy (non-hydrogen) atoms. The molecular weight excluding hydrogens is 302 g/mol. The molecular formula is C19H33N3O2. The highest BCUT2D eigenvalue weighted by Gasteiger charge is 2.51. The van der Waals surface area contributed by atoms with Crippen LogP contribution in [0.5, 0.6) is 0 Å². The largest absolute Gasteiger partial charge is 0.351 e. The summed E-state index contributed by atoms with van der Waals surface area (Å²) >= 11 is 0. The number of carbonyl (C=O) groups is 2. The van der Waals surface area contributed by atoms with Crippen molar-refractivity contribution in [2.24, 2.45) is 17.8 Å². The molecule has 4 saturated carbocycles. The van der Waals surface area contributed by atoms with E-state index < -0.39 is 0 Å². The molecule has 0 unspecified atom stereocenters. The predicted octanol–water partition coefficient (Wildman–Crippen LogP) is 2.95. The minimum atomic E-state index is -0.182. The van der Waals surface area contributed by atoms with Crippen molar-refractivity contribution >= 4 is 11.9 Å². The van der Waals surface area contributed by atoms with E-state index in [9.17, 15) is 9.59 Å². The summed E-state index contributed by atoms with van der Waals surface area (Å²) < 4.78 is 0. The van der Waals surface area contributed by atoms with Crippen LogP contribution in [0.4, 0.5) is 4.79 Å². The molecule has 0 radical (unpaired) electrons. The van der Waals surface area contributed by atoms with Gasteiger partial charge in [-0.15, -0.1) is 0 Å². The third kappa shape index (κ3) is 4.04. The molecule has 0 aromatic rings. The first-order valence-electron chi connectivity index (χ1n) is 9.66. The van der Waals surface area contributed by atoms with E-state index in [0.29, 0.717) is 13.0 Å². The van der Waals surface area contributed by atoms with E-state index in [1.165, 1.54) is 19.3 Å². The fourth-order valence-corrected chi connectivity index (χ4v) is 5.37. The SMILES string of the molecule is CCC(C)(C)NC(=O)CCNC(=O)NC12CC3CC(CC(C3)C1)C2. The molecule has 4 aliphatic rings. The lowest BCUT2D eigenvalue weighted by molar-refractivity contribution is -0.122. The second-order valence-electron chi connectivity index (χ2n) is 9.11. The monoisotopic (exact) mass is 335 g/mol. The second-order valence-corrected chi connectivity index (χ2v) is 9.11. The third-order valence-corrected chi connectivity index (χ3v) is 6.42. The molecule has 4 fully saturated rings. The maximum Gasteiger partial charge on any atom is 0.315 e. The molecule has 0 aromatic heterocycles. The van der Waals surface area contributed by atoms with Gasteiger partial charge in [0.05, 0.1) is 0 Å². The molecule has 3 amide bonds. The summed E-state index contributed by atoms with van der Waals surface area (Å²) in [7, 11) is 0. The lowest BCUT2D eigenvalue weighted by atomic mass is 9.53. The Morgan fingerprint density at radius 3 is 2.08 bits per heavy atom. The van der Waals surface area contributed by atoms with Gasteiger partial charge < -0.3 is 16.0 Å². The number of carbonyl (C=O) groups excluding carboxylic acids is 2. The van der Waals surface area contributed by atoms with Crippen LogP contribution in [0.3, 0.4) is 0 Å². The Labute approximate surface area is 145 Å². The van der Waals surface area contributed by atoms with Crippen molar-refractivity contribution in [1.29, 1.82) is 0 Å². The summed E-state index contributed by atoms with van der Waals surface area (Å²) in [5.41, 5.74) is -0.149. The van der Waals surface area contributed by atoms with Gasteiger partial charge in [-0.1, -0.05) is 6.92 Å². The first kappa shape index (κ1) is 17.6. The van der Waals surface area contributed by atoms with Gasteiger partial charge in [-0.05, 0) is 76.5 Å². The van der Waals surface area contributed by atoms with E-state index >= 15 is 0 Å². The molecule has 0 aliphatic heterocycles. The van der Waals surface area contributed by atoms with Crippen molar-refractivity contribution in [3.63, 3.8) is 0 Å². The van der Waals surface area contributed by atoms with Crippen molar-refractivity contribution < 1.29 is 9.59 Å². The Balaban J connectivity index is 1.41. The Morgan fingerprint density at radius 2 is 1.58 bits per heavy atom. The van der Waals surface area contributed by atoms with Crippen LogP contribution in [0.1, 0.15) is 72.1 Å². The molecule has 3 N–H and O–H groups in total. The molecule has 0 heterocycles. The lowest BCUT2D eigenvalue weighted by Gasteiger charge is -2.56. The fourth-order valence-electron chi connectivity index (χ4n) is 5.37. The van der Waals surface area contributed by atoms with Crippen LogP contribution in [0.15, 0.2) is 0 Å². The first-order chi connectivity index (χ1) is 11.3. The maximum atomic E-state index is 12.3. The number of hydrogen-bond acceptors (Lipinski definition) is 2. The van der Waals surface area contributed by atoms with Crippen molar-refractivity contribution in [1.82, 2.24) is 16.0 Å². The molecule has 4 bridgehead atoms. The summed E-state index contributed by atoms with van der Waals surface area (Å²) in [6.07, 6.45) is 8.78. The van der Waals surface area contributed by atoms with Gasteiger partial charge in [0.2, 0.25) is 5.91 Å². The summed E-state index contributed by atoms with van der Waals surface area (Å²) in [5, 5.41) is 9.15. The average molecular weight is 335 g/mol. The van der Waals surface area contributed by atoms with Crippen molar-refractivity contribution in [2.45, 2.75) is 83.2 Å². The minimum absolute atomic E-state index is 0.00282. The van der Waals surface area contributed by atoms with E-state index in [1.54, 1.807) is 0 Å². The number of urea groups is 1. The predicted molar refractivity (Wildman–Crippen MR) is 94.6 cm³/mol. The van der Waals surface area contributed by atoms with Crippen molar-refractivity contribution in [2.75, 3.05) is 6.54 Å². The molecule has 0 aromatic carbocycles. The van der Waals surface area contributed by atoms with Gasteiger partial charge in [0.1, 0.15) is 0 Å². The van der Waals surface area contributed by atoms with Gasteiger partial charge in [-0.25, -0.2) is 4.79 Å². The van der Waals surface area contributed by atoms with Crippen molar-refractivity contribution in [3.05, 3.63) is 0 Å². The molecule has 4 rings (SSSR count). The summed E-state index contributed by atoms with van der Waals surface area (Å²) in [6, 6.07) is -0.0977. The molecule has 136 valence electrons. The van der Waals surface area contributed by atoms with E-state index in [1.807, 2.05) is 13.8 Å². The maximum absolute atomic E-state index is 12.3. The smallest absolute Gasteiger partial charge is 0.315 e. The zero-order valence-corrected chi connectivity index (χ0v) is 15.4. The Morgan fingerprint density at radius 1 is 1.04 bits per heavy atom. The zero-order chi connectivity index (χ0) is 17.4. The van der Waals surface area contributed by atoms with Crippen molar-refractivity contribution in [3.8, 4) is 0 Å². The highest BCUT2D eigenvalue weighted by atomic mass is 16.2. The van der Waals surface area contributed by atoms with Gasteiger partial charge in [0, 0.05) is 24.0 Å². The summed E-state index contributed by atoms with van der Waals surface area (Å²) in [4.78, 5) is 24.2. The van der Waals surface area contributed by atoms with E-state index in [-0.39, 0.29) is 23.0 Å². The highest BCUT2D eigenvalue weighted by molar-refractivity contribution is 5.79. The first-order valence-corrected chi connectivity index (χ1v) is 9.66. The number of rotatable bonds is 6. The third-order valence-electron chi connectivity index (χ3n) is 6.42. The Kier molecular flexibility index (Phi) is 4.80. The molecule has 0 atom stereocenters. The molecule has 0 spiro atoms. The number of nitrogens with one attached hydrogen (secondary N) is 3. The summed E-state index contributed by atoms with van der Waals surface area (Å²) in [6.45, 7) is 6.47. The Bertz CT molecular complexity index is 466. The minimum Gasteiger partial charge on any atom is -0.351 e. The van der Waals surface area contributed by atoms with Gasteiger partial charge in [0.15, 0.2) is 0 Å². The number of hydrogen-bond donors (Lipinski definition) is 3. The highest BCUT2D eigenvalue weighted by Crippen LogP contribution is 2.55. The van der Waals surface area contributed by atoms with Crippen LogP contribution < -0.4 is 16.0 Å². The van der Waals surface area contributed by atoms with Gasteiger partial charge in [-0.3, -0.25) is 4.79 Å². The van der Waals surface area contributed by atoms with Crippen LogP contribution >= 0.6 is 0 Å². The summed E-state index contributed by atoms with van der Waals surface area (Å²) in [5.74, 6) is 2.45. The fraction of sp³-hybridized carbons (Fsp3) is 0.895. The quantitative estimate of drug-likeness (QED) is 0.698. The topological polar surface area (TPSA) is 70.2 Å². The van der Waals surface area contributed by atoms with Crippen LogP contribution in [0, 0.1) is 17.8 Å². The lowest BCUT2D eigenvalue weighted by Crippen LogP contribution is -2.61. The van der Waals surface area contributed by atoms with E-state index in [2.05, 4.69) is 22.9 Å². The molecule has 0 saturated heterocycles. The Hall–Kier alpha value is -1.26. The van der Waals surface area contributed by atoms with Gasteiger partial charge in [-0.2, -0.15) is 0 Å². The zero-order valence-electron chi connectivity index (χ0n) is 15.4. The van der Waals surface area contributed by atoms with Crippen LogP contribution in [0.25, 0.3) is 0 Å². The average Bonchev–Trinajstić information content (AvgIpc) is 2.44. The normalized spacial score (nSPS) is 34.0. The van der Waals surface area contributed by atoms with E-state index in [0.717, 1.165) is 43.4 Å².